The third kappa shape index (κ3) is 8.31. The van der Waals surface area contributed by atoms with Gasteiger partial charge in [-0.2, -0.15) is 0 Å². The number of nitrogens with zero attached hydrogens (tertiary/aromatic N) is 4. The molecule has 342 valence electrons. The van der Waals surface area contributed by atoms with Gasteiger partial charge in [0.25, 0.3) is 44.5 Å². The van der Waals surface area contributed by atoms with Crippen molar-refractivity contribution in [1.29, 1.82) is 0 Å². The summed E-state index contributed by atoms with van der Waals surface area (Å²) in [5, 5.41) is 0.625. The van der Waals surface area contributed by atoms with Crippen LogP contribution >= 0.6 is 0 Å². The first kappa shape index (κ1) is 46.3. The second-order valence-corrected chi connectivity index (χ2v) is 31.8. The van der Waals surface area contributed by atoms with Crippen LogP contribution in [0.25, 0.3) is 48.8 Å². The molecule has 0 atom stereocenters. The van der Waals surface area contributed by atoms with Crippen LogP contribution in [-0.2, 0) is 21.3 Å². The highest BCUT2D eigenvalue weighted by atomic mass is 28.5. The van der Waals surface area contributed by atoms with Crippen molar-refractivity contribution in [2.75, 3.05) is 0 Å². The number of rotatable bonds is 15. The van der Waals surface area contributed by atoms with Gasteiger partial charge in [0, 0.05) is 19.1 Å². The van der Waals surface area contributed by atoms with Crippen LogP contribution in [0.4, 0.5) is 0 Å². The molecular weight excluding hydrogens is 893 g/mol. The van der Waals surface area contributed by atoms with Crippen LogP contribution in [0.2, 0.25) is 51.4 Å². The molecule has 0 radical (unpaired) electrons. The molecule has 0 aliphatic rings. The Bertz CT molecular complexity index is 3520. The molecule has 0 N–H and O–H groups in total. The Morgan fingerprint density at radius 2 is 0.788 bits per heavy atom. The summed E-state index contributed by atoms with van der Waals surface area (Å²) in [6.45, 7) is 19.6. The molecule has 0 spiro atoms. The molecule has 0 fully saturated rings. The van der Waals surface area contributed by atoms with Gasteiger partial charge in [-0.15, -0.1) is 0 Å². The first-order valence-corrected chi connectivity index (χ1v) is 31.1. The zero-order valence-electron chi connectivity index (χ0n) is 38.7. The van der Waals surface area contributed by atoms with Crippen molar-refractivity contribution in [3.8, 4) is 17.2 Å². The highest BCUT2D eigenvalue weighted by Crippen LogP contribution is 2.28. The first-order chi connectivity index (χ1) is 30.9. The minimum absolute atomic E-state index is 0.0412. The molecule has 0 aliphatic heterocycles. The Balaban J connectivity index is 0.945. The summed E-state index contributed by atoms with van der Waals surface area (Å²) in [4.78, 5) is 108. The molecule has 0 unspecified atom stereocenters. The third-order valence-electron chi connectivity index (χ3n) is 12.3. The first-order valence-electron chi connectivity index (χ1n) is 22.0. The van der Waals surface area contributed by atoms with Crippen LogP contribution in [0.15, 0.2) is 111 Å². The van der Waals surface area contributed by atoms with E-state index in [1.165, 1.54) is 29.8 Å². The minimum Gasteiger partial charge on any atom is -0.457 e. The Labute approximate surface area is 380 Å². The maximum Gasteiger partial charge on any atom is 0.311 e. The lowest BCUT2D eigenvalue weighted by Gasteiger charge is -2.38. The summed E-state index contributed by atoms with van der Waals surface area (Å²) in [7, 11) is -8.09. The van der Waals surface area contributed by atoms with Gasteiger partial charge in [0.05, 0.1) is 48.8 Å². The fourth-order valence-corrected chi connectivity index (χ4v) is 22.6. The molecular formula is C48H52N4O11Si3. The van der Waals surface area contributed by atoms with Crippen molar-refractivity contribution >= 4 is 68.3 Å². The maximum absolute atomic E-state index is 13.8. The van der Waals surface area contributed by atoms with Crippen LogP contribution < -0.4 is 49.2 Å². The van der Waals surface area contributed by atoms with Crippen molar-refractivity contribution < 1.29 is 13.0 Å². The number of ether oxygens (including phenoxy) is 1. The van der Waals surface area contributed by atoms with Gasteiger partial charge in [0.15, 0.2) is 16.6 Å². The third-order valence-corrected chi connectivity index (χ3v) is 23.5. The predicted molar refractivity (Wildman–Crippen MR) is 266 cm³/mol. The van der Waals surface area contributed by atoms with E-state index in [9.17, 15) is 38.4 Å². The monoisotopic (exact) mass is 944 g/mol. The average molecular weight is 945 g/mol. The fraction of sp³-hybridized carbons (Fsp3) is 0.333. The Kier molecular flexibility index (Phi) is 11.7. The minimum atomic E-state index is -2.87. The fourth-order valence-electron chi connectivity index (χ4n) is 9.11. The van der Waals surface area contributed by atoms with Crippen LogP contribution in [0, 0.1) is 0 Å². The number of hydrogen-bond acceptors (Lipinski definition) is 11. The normalized spacial score (nSPS) is 12.9. The molecule has 4 heterocycles. The van der Waals surface area contributed by atoms with Crippen LogP contribution in [0.5, 0.6) is 11.5 Å². The van der Waals surface area contributed by atoms with E-state index in [4.69, 9.17) is 13.0 Å². The van der Waals surface area contributed by atoms with Gasteiger partial charge < -0.3 is 13.0 Å². The van der Waals surface area contributed by atoms with E-state index in [-0.39, 0.29) is 62.2 Å². The van der Waals surface area contributed by atoms with Crippen molar-refractivity contribution in [3.05, 3.63) is 161 Å². The van der Waals surface area contributed by atoms with Gasteiger partial charge in [-0.1, -0.05) is 26.0 Å². The summed E-state index contributed by atoms with van der Waals surface area (Å²) in [6, 6.07) is 20.1. The molecule has 4 aromatic heterocycles. The second-order valence-electron chi connectivity index (χ2n) is 19.4. The highest BCUT2D eigenvalue weighted by Gasteiger charge is 2.40. The van der Waals surface area contributed by atoms with E-state index < -0.39 is 69.7 Å². The molecule has 8 aromatic rings. The van der Waals surface area contributed by atoms with Crippen molar-refractivity contribution in [1.82, 2.24) is 18.3 Å². The van der Waals surface area contributed by atoms with Crippen LogP contribution in [0.3, 0.4) is 0 Å². The van der Waals surface area contributed by atoms with E-state index in [0.29, 0.717) is 35.2 Å². The predicted octanol–water partition coefficient (Wildman–Crippen LogP) is 6.47. The van der Waals surface area contributed by atoms with Gasteiger partial charge in [0.2, 0.25) is 0 Å². The SMILES string of the molecule is CC(C)c1ccc(Oc2ccc(-n3c(=O)c4cc5c(=O)n(CC[Si](C)(C)O[Si](C)(C)O[Si](C)(C)CCn6c(=O)c7cc8c(=O)n(C(C)C)c(=O)c8cc7c6=O)c(=O)c5cc4c3=O)cc2)cc1. The largest absolute Gasteiger partial charge is 0.457 e. The average Bonchev–Trinajstić information content (AvgIpc) is 3.82. The number of fused-ring (bicyclic) bond motifs is 4. The summed E-state index contributed by atoms with van der Waals surface area (Å²) in [5.74, 6) is 1.55. The Morgan fingerprint density at radius 1 is 0.455 bits per heavy atom. The molecule has 0 amide bonds. The van der Waals surface area contributed by atoms with Crippen molar-refractivity contribution in [2.45, 2.75) is 104 Å². The zero-order chi connectivity index (χ0) is 47.9. The number of benzene rings is 4. The Morgan fingerprint density at radius 3 is 1.14 bits per heavy atom. The van der Waals surface area contributed by atoms with Crippen LogP contribution in [-0.4, -0.2) is 43.5 Å². The quantitative estimate of drug-likeness (QED) is 0.103. The zero-order valence-corrected chi connectivity index (χ0v) is 41.7. The van der Waals surface area contributed by atoms with Crippen molar-refractivity contribution in [2.24, 2.45) is 0 Å². The molecule has 0 saturated heterocycles. The van der Waals surface area contributed by atoms with E-state index in [0.717, 1.165) is 18.3 Å². The van der Waals surface area contributed by atoms with Gasteiger partial charge in [-0.05, 0) is 137 Å². The standard InChI is InChI=1S/C48H52N4O11Si3/c1-27(2)29-11-15-31(16-12-29)61-32-17-13-30(14-18-32)52-47(59)39-25-35-36(26-40(39)48(52)60)44(56)50(43(35)55)20-22-65(7,8)63-66(9,10)62-64(5,6)21-19-49-41(53)33-23-37-38(24-34(33)42(49)54)46(58)51(28(3)4)45(37)57/h11-18,23-28H,19-22H2,1-10H3. The second kappa shape index (κ2) is 16.6. The summed E-state index contributed by atoms with van der Waals surface area (Å²) < 4.78 is 23.9. The highest BCUT2D eigenvalue weighted by molar-refractivity contribution is 6.87. The van der Waals surface area contributed by atoms with Gasteiger partial charge >= 0.3 is 8.56 Å². The lowest BCUT2D eigenvalue weighted by Crippen LogP contribution is -2.53. The maximum atomic E-state index is 13.8. The smallest absolute Gasteiger partial charge is 0.311 e. The van der Waals surface area contributed by atoms with Gasteiger partial charge in [0.1, 0.15) is 11.5 Å². The summed E-state index contributed by atoms with van der Waals surface area (Å²) >= 11 is 0. The summed E-state index contributed by atoms with van der Waals surface area (Å²) in [6.07, 6.45) is 0. The number of hydrogen-bond donors (Lipinski definition) is 0. The Hall–Kier alpha value is -6.19. The molecule has 0 saturated carbocycles. The lowest BCUT2D eigenvalue weighted by molar-refractivity contribution is 0.384. The van der Waals surface area contributed by atoms with Gasteiger partial charge in [-0.25, -0.2) is 4.57 Å². The van der Waals surface area contributed by atoms with E-state index >= 15 is 0 Å². The lowest BCUT2D eigenvalue weighted by atomic mass is 10.0. The van der Waals surface area contributed by atoms with Crippen LogP contribution in [0.1, 0.15) is 45.2 Å². The summed E-state index contributed by atoms with van der Waals surface area (Å²) in [5.41, 5.74) is -2.85. The molecule has 0 aliphatic carbocycles. The number of aromatic nitrogens is 4. The van der Waals surface area contributed by atoms with E-state index in [1.807, 2.05) is 63.5 Å². The van der Waals surface area contributed by atoms with Crippen molar-refractivity contribution in [3.63, 3.8) is 0 Å². The molecule has 0 bridgehead atoms. The molecule has 15 nitrogen and oxygen atoms in total. The van der Waals surface area contributed by atoms with Gasteiger partial charge in [-0.3, -0.25) is 52.1 Å². The topological polar surface area (TPSA) is 184 Å². The van der Waals surface area contributed by atoms with E-state index in [2.05, 4.69) is 13.8 Å². The molecule has 66 heavy (non-hydrogen) atoms. The molecule has 18 heteroatoms. The molecule has 8 rings (SSSR count). The van der Waals surface area contributed by atoms with E-state index in [1.54, 1.807) is 38.1 Å². The molecule has 4 aromatic carbocycles.